The number of nitrogens with zero attached hydrogens (tertiary/aromatic N) is 2. The quantitative estimate of drug-likeness (QED) is 0.176. The zero-order chi connectivity index (χ0) is 18.4. The maximum atomic E-state index is 11.4. The molecular weight excluding hydrogens is 528 g/mol. The Kier molecular flexibility index (Phi) is 17.6. The molecule has 1 aromatic rings. The van der Waals surface area contributed by atoms with Crippen molar-refractivity contribution in [1.29, 1.82) is 0 Å². The summed E-state index contributed by atoms with van der Waals surface area (Å²) in [5, 5.41) is 20.7. The monoisotopic (exact) mass is 557 g/mol. The van der Waals surface area contributed by atoms with Crippen LogP contribution in [0.2, 0.25) is 0 Å². The van der Waals surface area contributed by atoms with E-state index in [0.29, 0.717) is 12.1 Å². The second kappa shape index (κ2) is 16.7. The van der Waals surface area contributed by atoms with Crippen LogP contribution in [0.5, 0.6) is 0 Å². The number of nitrogens with one attached hydrogen (secondary N) is 2. The molecule has 3 N–H and O–H groups in total. The van der Waals surface area contributed by atoms with E-state index in [4.69, 9.17) is 5.11 Å². The minimum absolute atomic E-state index is 0. The number of rotatable bonds is 9. The van der Waals surface area contributed by atoms with Crippen LogP contribution in [0.25, 0.3) is 0 Å². The van der Waals surface area contributed by atoms with E-state index in [1.165, 1.54) is 25.6 Å². The summed E-state index contributed by atoms with van der Waals surface area (Å²) < 4.78 is 4.41. The van der Waals surface area contributed by atoms with Gasteiger partial charge in [-0.2, -0.15) is 0 Å². The van der Waals surface area contributed by atoms with E-state index in [9.17, 15) is 9.59 Å². The first-order chi connectivity index (χ1) is 11.5. The van der Waals surface area contributed by atoms with Crippen molar-refractivity contribution in [3.05, 3.63) is 11.9 Å². The van der Waals surface area contributed by atoms with Gasteiger partial charge in [-0.15, -0.1) is 10.9 Å². The SMILES string of the molecule is CC[PH+](CC)CC.COC(=O)[C@@H](CO)NC(=O)CCc1[c-]nn[nH]1.[Au+]. The van der Waals surface area contributed by atoms with Crippen LogP contribution in [0.15, 0.2) is 0 Å². The third-order valence-electron chi connectivity index (χ3n) is 3.53. The Bertz CT molecular complexity index is 453. The molecule has 10 heteroatoms. The number of H-pyrrole nitrogens is 1. The molecule has 0 saturated heterocycles. The van der Waals surface area contributed by atoms with Crippen molar-refractivity contribution in [2.24, 2.45) is 0 Å². The molecular formula is C15H29AuN4O4P+. The number of carbonyl (C=O) groups excluding carboxylic acids is 2. The van der Waals surface area contributed by atoms with Gasteiger partial charge in [0, 0.05) is 6.42 Å². The Morgan fingerprint density at radius 1 is 1.32 bits per heavy atom. The largest absolute Gasteiger partial charge is 1.00 e. The fourth-order valence-electron chi connectivity index (χ4n) is 1.88. The summed E-state index contributed by atoms with van der Waals surface area (Å²) in [6.07, 6.45) is 7.43. The fraction of sp³-hybridized carbons (Fsp3) is 0.733. The van der Waals surface area contributed by atoms with Crippen LogP contribution in [0.4, 0.5) is 0 Å². The number of aromatic amines is 1. The molecule has 25 heavy (non-hydrogen) atoms. The second-order valence-electron chi connectivity index (χ2n) is 5.04. The van der Waals surface area contributed by atoms with Crippen molar-refractivity contribution in [1.82, 2.24) is 20.7 Å². The summed E-state index contributed by atoms with van der Waals surface area (Å²) >= 11 is 0. The number of aryl methyl sites for hydroxylation is 1. The molecule has 1 amide bonds. The summed E-state index contributed by atoms with van der Waals surface area (Å²) in [5.41, 5.74) is 0.596. The maximum absolute atomic E-state index is 11.4. The van der Waals surface area contributed by atoms with Gasteiger partial charge in [-0.3, -0.25) is 4.79 Å². The van der Waals surface area contributed by atoms with Crippen molar-refractivity contribution >= 4 is 19.8 Å². The Morgan fingerprint density at radius 3 is 2.28 bits per heavy atom. The topological polar surface area (TPSA) is 117 Å². The number of aliphatic hydroxyl groups is 1. The number of hydrogen-bond donors (Lipinski definition) is 3. The average Bonchev–Trinajstić information content (AvgIpc) is 3.13. The molecule has 0 aliphatic carbocycles. The first kappa shape index (κ1) is 26.4. The van der Waals surface area contributed by atoms with E-state index in [0.717, 1.165) is 0 Å². The van der Waals surface area contributed by atoms with E-state index in [1.807, 2.05) is 0 Å². The van der Waals surface area contributed by atoms with Crippen LogP contribution in [-0.4, -0.2) is 70.6 Å². The minimum Gasteiger partial charge on any atom is -0.467 e. The van der Waals surface area contributed by atoms with Gasteiger partial charge in [0.25, 0.3) is 0 Å². The van der Waals surface area contributed by atoms with Crippen LogP contribution in [0, 0.1) is 6.20 Å². The molecule has 1 atom stereocenters. The summed E-state index contributed by atoms with van der Waals surface area (Å²) in [7, 11) is 1.32. The number of esters is 1. The molecule has 8 nitrogen and oxygen atoms in total. The van der Waals surface area contributed by atoms with Gasteiger partial charge in [0.2, 0.25) is 5.91 Å². The Balaban J connectivity index is 0. The van der Waals surface area contributed by atoms with Crippen LogP contribution < -0.4 is 5.32 Å². The van der Waals surface area contributed by atoms with Gasteiger partial charge in [-0.1, -0.05) is 0 Å². The number of methoxy groups -OCH3 is 1. The molecule has 0 radical (unpaired) electrons. The molecule has 0 saturated carbocycles. The number of carbonyl (C=O) groups is 2. The van der Waals surface area contributed by atoms with E-state index in [-0.39, 0.29) is 42.6 Å². The standard InChI is InChI=1S/C9H13N4O4.C6H15P.Au/c1-17-9(16)7(5-14)11-8(15)3-2-6-4-10-13-12-6;1-4-7(5-2)6-3;/h7,14H,2-3,5H2,1H3,(H,11,15)(H,10,12,13);4-6H2,1-3H3;/q-1;;+1/p+1/t7-;;/m1../s1. The number of aliphatic hydroxyl groups excluding tert-OH is 1. The van der Waals surface area contributed by atoms with Gasteiger partial charge < -0.3 is 31.6 Å². The molecule has 0 fully saturated rings. The number of hydrogen-bond acceptors (Lipinski definition) is 6. The molecule has 0 unspecified atom stereocenters. The van der Waals surface area contributed by atoms with Crippen LogP contribution in [0.3, 0.4) is 0 Å². The molecule has 1 heterocycles. The fourth-order valence-corrected chi connectivity index (χ4v) is 3.38. The first-order valence-electron chi connectivity index (χ1n) is 8.11. The normalized spacial score (nSPS) is 11.0. The van der Waals surface area contributed by atoms with Crippen molar-refractivity contribution in [3.8, 4) is 0 Å². The Labute approximate surface area is 166 Å². The van der Waals surface area contributed by atoms with Crippen LogP contribution in [0.1, 0.15) is 32.9 Å². The van der Waals surface area contributed by atoms with Gasteiger partial charge >= 0.3 is 28.3 Å². The Hall–Kier alpha value is -0.790. The van der Waals surface area contributed by atoms with Gasteiger partial charge in [0.15, 0.2) is 6.04 Å². The Morgan fingerprint density at radius 2 is 1.92 bits per heavy atom. The molecule has 1 rings (SSSR count). The molecule has 0 aliphatic heterocycles. The number of aromatic nitrogens is 3. The third kappa shape index (κ3) is 12.2. The zero-order valence-corrected chi connectivity index (χ0v) is 18.4. The first-order valence-corrected chi connectivity index (χ1v) is 10.2. The van der Waals surface area contributed by atoms with Gasteiger partial charge in [0.05, 0.1) is 32.2 Å². The summed E-state index contributed by atoms with van der Waals surface area (Å²) in [6, 6.07) is -1.03. The van der Waals surface area contributed by atoms with Crippen LogP contribution in [-0.2, 0) is 43.1 Å². The van der Waals surface area contributed by atoms with Gasteiger partial charge in [-0.25, -0.2) is 4.79 Å². The minimum atomic E-state index is -1.03. The molecule has 0 bridgehead atoms. The summed E-state index contributed by atoms with van der Waals surface area (Å²) in [4.78, 5) is 22.5. The van der Waals surface area contributed by atoms with Crippen molar-refractivity contribution in [2.75, 3.05) is 32.2 Å². The summed E-state index contributed by atoms with van der Waals surface area (Å²) in [5.74, 6) is -1.06. The second-order valence-corrected chi connectivity index (χ2v) is 8.66. The molecule has 1 aromatic heterocycles. The predicted molar refractivity (Wildman–Crippen MR) is 94.5 cm³/mol. The number of amides is 1. The van der Waals surface area contributed by atoms with Gasteiger partial charge in [0.1, 0.15) is 0 Å². The van der Waals surface area contributed by atoms with Crippen molar-refractivity contribution < 1.29 is 41.8 Å². The summed E-state index contributed by atoms with van der Waals surface area (Å²) in [6.45, 7) is 6.42. The van der Waals surface area contributed by atoms with Crippen molar-refractivity contribution in [3.63, 3.8) is 0 Å². The molecule has 0 aromatic carbocycles. The number of ether oxygens (including phenoxy) is 1. The predicted octanol–water partition coefficient (Wildman–Crippen LogP) is 0.445. The molecule has 148 valence electrons. The van der Waals surface area contributed by atoms with E-state index >= 15 is 0 Å². The average molecular weight is 557 g/mol. The smallest absolute Gasteiger partial charge is 0.467 e. The molecule has 0 spiro atoms. The van der Waals surface area contributed by atoms with Crippen molar-refractivity contribution in [2.45, 2.75) is 39.7 Å². The third-order valence-corrected chi connectivity index (χ3v) is 6.53. The van der Waals surface area contributed by atoms with E-state index < -0.39 is 18.6 Å². The maximum Gasteiger partial charge on any atom is 1.00 e. The zero-order valence-electron chi connectivity index (χ0n) is 15.2. The van der Waals surface area contributed by atoms with Gasteiger partial charge in [-0.05, 0) is 35.1 Å². The molecule has 0 aliphatic rings. The van der Waals surface area contributed by atoms with Crippen LogP contribution >= 0.6 is 7.92 Å². The van der Waals surface area contributed by atoms with E-state index in [1.54, 1.807) is 0 Å². The van der Waals surface area contributed by atoms with E-state index in [2.05, 4.69) is 52.4 Å².